The third-order valence-electron chi connectivity index (χ3n) is 1.88. The van der Waals surface area contributed by atoms with Crippen LogP contribution in [0.2, 0.25) is 0 Å². The molecule has 4 heteroatoms. The van der Waals surface area contributed by atoms with E-state index in [0.29, 0.717) is 0 Å². The molecule has 0 radical (unpaired) electrons. The molecule has 13 heavy (non-hydrogen) atoms. The van der Waals surface area contributed by atoms with E-state index < -0.39 is 12.0 Å². The number of methoxy groups -OCH3 is 1. The van der Waals surface area contributed by atoms with Crippen LogP contribution in [0, 0.1) is 5.92 Å². The van der Waals surface area contributed by atoms with Crippen molar-refractivity contribution in [3.63, 3.8) is 0 Å². The first-order valence-corrected chi connectivity index (χ1v) is 4.84. The first-order valence-electron chi connectivity index (χ1n) is 3.96. The molecule has 0 aliphatic rings. The van der Waals surface area contributed by atoms with Gasteiger partial charge in [-0.15, -0.1) is 11.3 Å². The molecular weight excluding hydrogens is 188 g/mol. The zero-order valence-electron chi connectivity index (χ0n) is 7.56. The number of carbonyl (C=O) groups excluding carboxylic acids is 1. The van der Waals surface area contributed by atoms with Crippen LogP contribution in [-0.2, 0) is 9.53 Å². The maximum atomic E-state index is 11.1. The van der Waals surface area contributed by atoms with Gasteiger partial charge in [0.2, 0.25) is 0 Å². The van der Waals surface area contributed by atoms with E-state index in [9.17, 15) is 9.90 Å². The van der Waals surface area contributed by atoms with E-state index in [0.717, 1.165) is 4.88 Å². The number of esters is 1. The zero-order valence-corrected chi connectivity index (χ0v) is 8.38. The van der Waals surface area contributed by atoms with Crippen molar-refractivity contribution in [2.75, 3.05) is 7.11 Å². The number of hydrogen-bond donors (Lipinski definition) is 1. The van der Waals surface area contributed by atoms with Gasteiger partial charge in [0.25, 0.3) is 0 Å². The summed E-state index contributed by atoms with van der Waals surface area (Å²) >= 11 is 1.43. The number of thiophene rings is 1. The second-order valence-electron chi connectivity index (χ2n) is 2.77. The molecule has 1 heterocycles. The topological polar surface area (TPSA) is 46.5 Å². The molecule has 3 nitrogen and oxygen atoms in total. The summed E-state index contributed by atoms with van der Waals surface area (Å²) in [4.78, 5) is 11.9. The van der Waals surface area contributed by atoms with Gasteiger partial charge in [-0.3, -0.25) is 4.79 Å². The summed E-state index contributed by atoms with van der Waals surface area (Å²) in [6, 6.07) is 3.64. The Morgan fingerprint density at radius 3 is 2.85 bits per heavy atom. The average Bonchev–Trinajstić information content (AvgIpc) is 2.67. The van der Waals surface area contributed by atoms with E-state index in [4.69, 9.17) is 0 Å². The molecule has 0 spiro atoms. The van der Waals surface area contributed by atoms with Crippen LogP contribution < -0.4 is 0 Å². The lowest BCUT2D eigenvalue weighted by atomic mass is 10.0. The van der Waals surface area contributed by atoms with E-state index in [2.05, 4.69) is 4.74 Å². The summed E-state index contributed by atoms with van der Waals surface area (Å²) in [5.41, 5.74) is 0. The van der Waals surface area contributed by atoms with Crippen LogP contribution in [0.25, 0.3) is 0 Å². The number of carbonyl (C=O) groups is 1. The van der Waals surface area contributed by atoms with Gasteiger partial charge in [0.15, 0.2) is 0 Å². The Kier molecular flexibility index (Phi) is 3.45. The van der Waals surface area contributed by atoms with Gasteiger partial charge in [0.1, 0.15) is 6.10 Å². The number of aliphatic hydroxyl groups is 1. The number of aliphatic hydroxyl groups excluding tert-OH is 1. The molecule has 2 atom stereocenters. The Balaban J connectivity index is 2.68. The van der Waals surface area contributed by atoms with E-state index in [1.165, 1.54) is 18.4 Å². The van der Waals surface area contributed by atoms with Gasteiger partial charge in [-0.1, -0.05) is 6.07 Å². The fourth-order valence-corrected chi connectivity index (χ4v) is 1.84. The van der Waals surface area contributed by atoms with E-state index in [1.807, 2.05) is 11.4 Å². The third-order valence-corrected chi connectivity index (χ3v) is 2.82. The molecule has 72 valence electrons. The van der Waals surface area contributed by atoms with Crippen molar-refractivity contribution >= 4 is 17.3 Å². The summed E-state index contributed by atoms with van der Waals surface area (Å²) in [7, 11) is 1.32. The number of hydrogen-bond acceptors (Lipinski definition) is 4. The van der Waals surface area contributed by atoms with Gasteiger partial charge >= 0.3 is 5.97 Å². The molecule has 0 saturated heterocycles. The summed E-state index contributed by atoms with van der Waals surface area (Å²) in [5.74, 6) is -0.899. The summed E-state index contributed by atoms with van der Waals surface area (Å²) in [6.45, 7) is 1.65. The highest BCUT2D eigenvalue weighted by Gasteiger charge is 2.24. The lowest BCUT2D eigenvalue weighted by Crippen LogP contribution is -2.19. The molecule has 1 rings (SSSR count). The Labute approximate surface area is 81.0 Å². The molecule has 1 aromatic heterocycles. The molecule has 1 N–H and O–H groups in total. The van der Waals surface area contributed by atoms with Crippen molar-refractivity contribution < 1.29 is 14.6 Å². The summed E-state index contributed by atoms with van der Waals surface area (Å²) in [5, 5.41) is 11.6. The molecule has 0 fully saturated rings. The van der Waals surface area contributed by atoms with Crippen LogP contribution in [0.4, 0.5) is 0 Å². The normalized spacial score (nSPS) is 15.0. The van der Waals surface area contributed by atoms with Gasteiger partial charge in [-0.25, -0.2) is 0 Å². The fraction of sp³-hybridized carbons (Fsp3) is 0.444. The highest BCUT2D eigenvalue weighted by Crippen LogP contribution is 2.26. The first kappa shape index (κ1) is 10.2. The van der Waals surface area contributed by atoms with Crippen LogP contribution in [-0.4, -0.2) is 18.2 Å². The van der Waals surface area contributed by atoms with E-state index in [-0.39, 0.29) is 5.97 Å². The SMILES string of the molecule is COC(=O)[C@H](C)[C@@H](O)c1cccs1. The second-order valence-corrected chi connectivity index (χ2v) is 3.75. The summed E-state index contributed by atoms with van der Waals surface area (Å²) in [6.07, 6.45) is -0.757. The average molecular weight is 200 g/mol. The van der Waals surface area contributed by atoms with E-state index >= 15 is 0 Å². The predicted octanol–water partition coefficient (Wildman–Crippen LogP) is 1.59. The maximum absolute atomic E-state index is 11.1. The smallest absolute Gasteiger partial charge is 0.311 e. The van der Waals surface area contributed by atoms with Crippen LogP contribution >= 0.6 is 11.3 Å². The number of ether oxygens (including phenoxy) is 1. The van der Waals surface area contributed by atoms with Crippen LogP contribution in [0.1, 0.15) is 17.9 Å². The fourth-order valence-electron chi connectivity index (χ4n) is 1.02. The Bertz CT molecular complexity index is 268. The van der Waals surface area contributed by atoms with Crippen molar-refractivity contribution in [3.05, 3.63) is 22.4 Å². The van der Waals surface area contributed by atoms with E-state index in [1.54, 1.807) is 13.0 Å². The lowest BCUT2D eigenvalue weighted by molar-refractivity contribution is -0.148. The van der Waals surface area contributed by atoms with Gasteiger partial charge in [0, 0.05) is 4.88 Å². The molecule has 0 saturated carbocycles. The van der Waals surface area contributed by atoms with Crippen molar-refractivity contribution in [3.8, 4) is 0 Å². The van der Waals surface area contributed by atoms with Gasteiger partial charge in [0.05, 0.1) is 13.0 Å². The van der Waals surface area contributed by atoms with Crippen molar-refractivity contribution in [1.29, 1.82) is 0 Å². The molecular formula is C9H12O3S. The minimum absolute atomic E-state index is 0.388. The van der Waals surface area contributed by atoms with Crippen molar-refractivity contribution in [1.82, 2.24) is 0 Å². The van der Waals surface area contributed by atoms with Crippen LogP contribution in [0.3, 0.4) is 0 Å². The predicted molar refractivity (Wildman–Crippen MR) is 50.5 cm³/mol. The first-order chi connectivity index (χ1) is 6.16. The number of rotatable bonds is 3. The van der Waals surface area contributed by atoms with Gasteiger partial charge < -0.3 is 9.84 Å². The molecule has 0 aliphatic heterocycles. The Hall–Kier alpha value is -0.870. The molecule has 1 aromatic rings. The third kappa shape index (κ3) is 2.29. The minimum atomic E-state index is -0.757. The van der Waals surface area contributed by atoms with Crippen molar-refractivity contribution in [2.24, 2.45) is 5.92 Å². The van der Waals surface area contributed by atoms with Gasteiger partial charge in [-0.05, 0) is 18.4 Å². The quantitative estimate of drug-likeness (QED) is 0.754. The molecule has 0 bridgehead atoms. The molecule has 0 aromatic carbocycles. The van der Waals surface area contributed by atoms with Crippen LogP contribution in [0.15, 0.2) is 17.5 Å². The molecule has 0 amide bonds. The standard InChI is InChI=1S/C9H12O3S/c1-6(9(11)12-2)8(10)7-4-3-5-13-7/h3-6,8,10H,1-2H3/t6-,8-/m1/s1. The monoisotopic (exact) mass is 200 g/mol. The highest BCUT2D eigenvalue weighted by atomic mass is 32.1. The second kappa shape index (κ2) is 4.39. The summed E-state index contributed by atoms with van der Waals surface area (Å²) < 4.78 is 4.54. The van der Waals surface area contributed by atoms with Crippen LogP contribution in [0.5, 0.6) is 0 Å². The van der Waals surface area contributed by atoms with Gasteiger partial charge in [-0.2, -0.15) is 0 Å². The highest BCUT2D eigenvalue weighted by molar-refractivity contribution is 7.10. The molecule has 0 aliphatic carbocycles. The maximum Gasteiger partial charge on any atom is 0.311 e. The Morgan fingerprint density at radius 2 is 2.38 bits per heavy atom. The minimum Gasteiger partial charge on any atom is -0.469 e. The Morgan fingerprint density at radius 1 is 1.69 bits per heavy atom. The largest absolute Gasteiger partial charge is 0.469 e. The van der Waals surface area contributed by atoms with Crippen molar-refractivity contribution in [2.45, 2.75) is 13.0 Å². The zero-order chi connectivity index (χ0) is 9.84. The molecule has 0 unspecified atom stereocenters. The lowest BCUT2D eigenvalue weighted by Gasteiger charge is -2.14.